The van der Waals surface area contributed by atoms with Gasteiger partial charge in [0.05, 0.1) is 0 Å². The maximum atomic E-state index is 3.37. The first-order valence-corrected chi connectivity index (χ1v) is 6.23. The summed E-state index contributed by atoms with van der Waals surface area (Å²) in [4.78, 5) is 2.57. The van der Waals surface area contributed by atoms with Crippen molar-refractivity contribution in [2.24, 2.45) is 0 Å². The van der Waals surface area contributed by atoms with Gasteiger partial charge in [0.1, 0.15) is 0 Å². The average molecular weight is 255 g/mol. The van der Waals surface area contributed by atoms with Gasteiger partial charge in [-0.05, 0) is 51.0 Å². The summed E-state index contributed by atoms with van der Waals surface area (Å²) in [6.45, 7) is 5.76. The Kier molecular flexibility index (Phi) is 5.96. The molecule has 0 amide bonds. The monoisotopic (exact) mass is 254 g/mol. The summed E-state index contributed by atoms with van der Waals surface area (Å²) in [6, 6.07) is 9.44. The van der Waals surface area contributed by atoms with Crippen LogP contribution in [0, 0.1) is 6.92 Å². The number of halogens is 1. The fourth-order valence-electron chi connectivity index (χ4n) is 2.41. The molecule has 0 bridgehead atoms. The van der Waals surface area contributed by atoms with Gasteiger partial charge in [-0.2, -0.15) is 0 Å². The molecule has 96 valence electrons. The van der Waals surface area contributed by atoms with Crippen LogP contribution in [0.4, 0.5) is 0 Å². The van der Waals surface area contributed by atoms with Gasteiger partial charge in [0.25, 0.3) is 0 Å². The van der Waals surface area contributed by atoms with Gasteiger partial charge in [0, 0.05) is 12.6 Å². The van der Waals surface area contributed by atoms with Gasteiger partial charge in [-0.3, -0.25) is 4.90 Å². The number of benzene rings is 1. The molecule has 0 aliphatic carbocycles. The fourth-order valence-corrected chi connectivity index (χ4v) is 2.41. The van der Waals surface area contributed by atoms with Crippen molar-refractivity contribution < 1.29 is 0 Å². The van der Waals surface area contributed by atoms with E-state index in [1.165, 1.54) is 37.1 Å². The summed E-state index contributed by atoms with van der Waals surface area (Å²) < 4.78 is 0. The molecular formula is C14H23ClN2. The van der Waals surface area contributed by atoms with Gasteiger partial charge in [-0.25, -0.2) is 0 Å². The zero-order chi connectivity index (χ0) is 11.4. The molecule has 1 saturated heterocycles. The highest BCUT2D eigenvalue weighted by atomic mass is 35.5. The second-order valence-electron chi connectivity index (χ2n) is 4.77. The lowest BCUT2D eigenvalue weighted by Gasteiger charge is -2.32. The zero-order valence-electron chi connectivity index (χ0n) is 10.8. The highest BCUT2D eigenvalue weighted by molar-refractivity contribution is 5.85. The number of aryl methyl sites for hydroxylation is 1. The van der Waals surface area contributed by atoms with Crippen LogP contribution >= 0.6 is 12.4 Å². The van der Waals surface area contributed by atoms with Gasteiger partial charge in [0.2, 0.25) is 0 Å². The summed E-state index contributed by atoms with van der Waals surface area (Å²) in [7, 11) is 2.07. The molecule has 0 atom stereocenters. The first-order valence-electron chi connectivity index (χ1n) is 6.23. The van der Waals surface area contributed by atoms with Crippen LogP contribution in [0.5, 0.6) is 0 Å². The molecule has 1 N–H and O–H groups in total. The Morgan fingerprint density at radius 1 is 1.24 bits per heavy atom. The summed E-state index contributed by atoms with van der Waals surface area (Å²) in [5.41, 5.74) is 2.89. The van der Waals surface area contributed by atoms with Crippen LogP contribution in [-0.4, -0.2) is 31.1 Å². The van der Waals surface area contributed by atoms with E-state index >= 15 is 0 Å². The largest absolute Gasteiger partial charge is 0.317 e. The minimum absolute atomic E-state index is 0. The maximum absolute atomic E-state index is 3.37. The van der Waals surface area contributed by atoms with Gasteiger partial charge >= 0.3 is 0 Å². The first kappa shape index (κ1) is 14.5. The summed E-state index contributed by atoms with van der Waals surface area (Å²) >= 11 is 0. The molecular weight excluding hydrogens is 232 g/mol. The molecule has 0 saturated carbocycles. The molecule has 0 aromatic heterocycles. The number of rotatable bonds is 3. The van der Waals surface area contributed by atoms with Gasteiger partial charge in [-0.1, -0.05) is 24.3 Å². The quantitative estimate of drug-likeness (QED) is 0.892. The summed E-state index contributed by atoms with van der Waals surface area (Å²) in [6.07, 6.45) is 2.56. The normalized spacial score (nSPS) is 17.8. The van der Waals surface area contributed by atoms with Crippen molar-refractivity contribution in [3.05, 3.63) is 35.4 Å². The molecule has 3 heteroatoms. The number of piperidine rings is 1. The molecule has 17 heavy (non-hydrogen) atoms. The average Bonchev–Trinajstić information content (AvgIpc) is 2.33. The van der Waals surface area contributed by atoms with Crippen LogP contribution in [0.15, 0.2) is 24.3 Å². The minimum atomic E-state index is 0. The third-order valence-corrected chi connectivity index (χ3v) is 3.65. The predicted octanol–water partition coefficient (Wildman–Crippen LogP) is 2.60. The van der Waals surface area contributed by atoms with Crippen molar-refractivity contribution in [3.63, 3.8) is 0 Å². The van der Waals surface area contributed by atoms with Crippen molar-refractivity contribution in [2.45, 2.75) is 32.4 Å². The number of nitrogens with one attached hydrogen (secondary N) is 1. The number of hydrogen-bond donors (Lipinski definition) is 1. The van der Waals surface area contributed by atoms with E-state index in [0.29, 0.717) is 0 Å². The third-order valence-electron chi connectivity index (χ3n) is 3.65. The second kappa shape index (κ2) is 7.00. The van der Waals surface area contributed by atoms with Crippen molar-refractivity contribution in [2.75, 3.05) is 20.1 Å². The number of hydrogen-bond acceptors (Lipinski definition) is 2. The van der Waals surface area contributed by atoms with Gasteiger partial charge in [0.15, 0.2) is 0 Å². The molecule has 2 nitrogen and oxygen atoms in total. The maximum Gasteiger partial charge on any atom is 0.0236 e. The lowest BCUT2D eigenvalue weighted by molar-refractivity contribution is 0.194. The topological polar surface area (TPSA) is 15.3 Å². The van der Waals surface area contributed by atoms with Gasteiger partial charge in [-0.15, -0.1) is 12.4 Å². The predicted molar refractivity (Wildman–Crippen MR) is 75.8 cm³/mol. The van der Waals surface area contributed by atoms with Crippen LogP contribution in [0.1, 0.15) is 24.0 Å². The van der Waals surface area contributed by atoms with E-state index in [1.54, 1.807) is 0 Å². The van der Waals surface area contributed by atoms with E-state index in [-0.39, 0.29) is 12.4 Å². The standard InChI is InChI=1S/C14H22N2.ClH/c1-12-5-3-4-6-13(12)11-16-9-7-14(15-2)8-10-16;/h3-6,14-15H,7-11H2,1-2H3;1H. The van der Waals surface area contributed by atoms with E-state index in [4.69, 9.17) is 0 Å². The Morgan fingerprint density at radius 2 is 1.88 bits per heavy atom. The highest BCUT2D eigenvalue weighted by Crippen LogP contribution is 2.15. The van der Waals surface area contributed by atoms with E-state index in [9.17, 15) is 0 Å². The van der Waals surface area contributed by atoms with Crippen LogP contribution in [0.2, 0.25) is 0 Å². The molecule has 0 unspecified atom stereocenters. The third kappa shape index (κ3) is 3.98. The Morgan fingerprint density at radius 3 is 2.47 bits per heavy atom. The Hall–Kier alpha value is -0.570. The molecule has 1 heterocycles. The molecule has 1 aromatic carbocycles. The van der Waals surface area contributed by atoms with Crippen LogP contribution in [0.3, 0.4) is 0 Å². The van der Waals surface area contributed by atoms with Gasteiger partial charge < -0.3 is 5.32 Å². The molecule has 0 spiro atoms. The summed E-state index contributed by atoms with van der Waals surface area (Å²) in [5, 5.41) is 3.37. The lowest BCUT2D eigenvalue weighted by Crippen LogP contribution is -2.40. The first-order chi connectivity index (χ1) is 7.79. The molecule has 1 aliphatic heterocycles. The summed E-state index contributed by atoms with van der Waals surface area (Å²) in [5.74, 6) is 0. The van der Waals surface area contributed by atoms with Crippen molar-refractivity contribution in [3.8, 4) is 0 Å². The van der Waals surface area contributed by atoms with Crippen molar-refractivity contribution in [1.29, 1.82) is 0 Å². The Labute approximate surface area is 111 Å². The zero-order valence-corrected chi connectivity index (χ0v) is 11.6. The van der Waals surface area contributed by atoms with E-state index in [1.807, 2.05) is 0 Å². The molecule has 1 fully saturated rings. The Bertz CT molecular complexity index is 333. The fraction of sp³-hybridized carbons (Fsp3) is 0.571. The van der Waals surface area contributed by atoms with E-state index < -0.39 is 0 Å². The number of nitrogens with zero attached hydrogens (tertiary/aromatic N) is 1. The van der Waals surface area contributed by atoms with Crippen LogP contribution in [-0.2, 0) is 6.54 Å². The number of likely N-dealkylation sites (tertiary alicyclic amines) is 1. The Balaban J connectivity index is 0.00000144. The SMILES string of the molecule is CNC1CCN(Cc2ccccc2C)CC1.Cl. The molecule has 0 radical (unpaired) electrons. The van der Waals surface area contributed by atoms with Crippen LogP contribution in [0.25, 0.3) is 0 Å². The second-order valence-corrected chi connectivity index (χ2v) is 4.77. The molecule has 2 rings (SSSR count). The van der Waals surface area contributed by atoms with E-state index in [0.717, 1.165) is 12.6 Å². The van der Waals surface area contributed by atoms with Crippen molar-refractivity contribution >= 4 is 12.4 Å². The van der Waals surface area contributed by atoms with Crippen molar-refractivity contribution in [1.82, 2.24) is 10.2 Å². The smallest absolute Gasteiger partial charge is 0.0236 e. The van der Waals surface area contributed by atoms with E-state index in [2.05, 4.69) is 48.5 Å². The molecule has 1 aliphatic rings. The molecule has 1 aromatic rings. The van der Waals surface area contributed by atoms with Crippen LogP contribution < -0.4 is 5.32 Å². The minimum Gasteiger partial charge on any atom is -0.317 e. The lowest BCUT2D eigenvalue weighted by atomic mass is 10.0. The highest BCUT2D eigenvalue weighted by Gasteiger charge is 2.17.